The largest absolute Gasteiger partial charge is 0.495 e. The lowest BCUT2D eigenvalue weighted by molar-refractivity contribution is 0.377. The van der Waals surface area contributed by atoms with Crippen LogP contribution < -0.4 is 10.1 Å². The van der Waals surface area contributed by atoms with Gasteiger partial charge in [0.2, 0.25) is 0 Å². The van der Waals surface area contributed by atoms with Crippen molar-refractivity contribution in [1.29, 1.82) is 0 Å². The van der Waals surface area contributed by atoms with Crippen LogP contribution in [0, 0.1) is 5.92 Å². The third-order valence-corrected chi connectivity index (χ3v) is 3.90. The zero-order valence-electron chi connectivity index (χ0n) is 10.9. The van der Waals surface area contributed by atoms with E-state index in [1.54, 1.807) is 7.11 Å². The van der Waals surface area contributed by atoms with Crippen LogP contribution in [0.4, 0.5) is 0 Å². The van der Waals surface area contributed by atoms with Crippen molar-refractivity contribution in [3.8, 4) is 5.75 Å². The quantitative estimate of drug-likeness (QED) is 0.869. The predicted molar refractivity (Wildman–Crippen MR) is 69.4 cm³/mol. The molecule has 0 spiro atoms. The summed E-state index contributed by atoms with van der Waals surface area (Å²) >= 11 is 0. The van der Waals surface area contributed by atoms with E-state index < -0.39 is 0 Å². The monoisotopic (exact) mass is 234 g/mol. The Morgan fingerprint density at radius 2 is 2.29 bits per heavy atom. The van der Waals surface area contributed by atoms with Crippen LogP contribution in [0.3, 0.4) is 0 Å². The lowest BCUT2D eigenvalue weighted by Crippen LogP contribution is -2.32. The van der Waals surface area contributed by atoms with Gasteiger partial charge in [0.1, 0.15) is 5.75 Å². The highest BCUT2D eigenvalue weighted by atomic mass is 16.5. The van der Waals surface area contributed by atoms with E-state index in [-0.39, 0.29) is 0 Å². The first-order valence-electron chi connectivity index (χ1n) is 6.50. The fraction of sp³-hybridized carbons (Fsp3) is 0.643. The summed E-state index contributed by atoms with van der Waals surface area (Å²) in [5.74, 6) is 2.08. The molecule has 0 bridgehead atoms. The van der Waals surface area contributed by atoms with Gasteiger partial charge in [-0.3, -0.25) is 4.98 Å². The van der Waals surface area contributed by atoms with Gasteiger partial charge in [0.25, 0.3) is 0 Å². The first-order valence-corrected chi connectivity index (χ1v) is 6.50. The number of rotatable bonds is 4. The highest BCUT2D eigenvalue weighted by molar-refractivity contribution is 5.31. The Hall–Kier alpha value is -1.09. The van der Waals surface area contributed by atoms with Gasteiger partial charge in [0.05, 0.1) is 12.8 Å². The number of pyridine rings is 1. The SMILES string of the molecule is CCNC1CCC(c2ncccc2OC)C1C. The Morgan fingerprint density at radius 3 is 3.00 bits per heavy atom. The van der Waals surface area contributed by atoms with E-state index >= 15 is 0 Å². The van der Waals surface area contributed by atoms with Crippen molar-refractivity contribution in [2.45, 2.75) is 38.6 Å². The smallest absolute Gasteiger partial charge is 0.140 e. The third kappa shape index (κ3) is 2.44. The Bertz CT molecular complexity index is 367. The molecule has 94 valence electrons. The topological polar surface area (TPSA) is 34.2 Å². The van der Waals surface area contributed by atoms with E-state index in [1.807, 2.05) is 18.3 Å². The summed E-state index contributed by atoms with van der Waals surface area (Å²) in [5.41, 5.74) is 1.13. The summed E-state index contributed by atoms with van der Waals surface area (Å²) in [5, 5.41) is 3.56. The van der Waals surface area contributed by atoms with Crippen LogP contribution in [-0.4, -0.2) is 24.7 Å². The minimum absolute atomic E-state index is 0.523. The van der Waals surface area contributed by atoms with Gasteiger partial charge in [-0.25, -0.2) is 0 Å². The summed E-state index contributed by atoms with van der Waals surface area (Å²) in [6, 6.07) is 4.57. The zero-order chi connectivity index (χ0) is 12.3. The molecule has 3 atom stereocenters. The second-order valence-corrected chi connectivity index (χ2v) is 4.80. The van der Waals surface area contributed by atoms with Crippen LogP contribution in [0.15, 0.2) is 18.3 Å². The van der Waals surface area contributed by atoms with E-state index in [4.69, 9.17) is 4.74 Å². The number of nitrogens with zero attached hydrogens (tertiary/aromatic N) is 1. The fourth-order valence-electron chi connectivity index (χ4n) is 2.96. The maximum atomic E-state index is 5.42. The molecule has 1 aliphatic rings. The molecular weight excluding hydrogens is 212 g/mol. The average molecular weight is 234 g/mol. The summed E-state index contributed by atoms with van der Waals surface area (Å²) in [6.07, 6.45) is 4.30. The van der Waals surface area contributed by atoms with E-state index in [0.29, 0.717) is 17.9 Å². The fourth-order valence-corrected chi connectivity index (χ4v) is 2.96. The van der Waals surface area contributed by atoms with Crippen molar-refractivity contribution in [3.63, 3.8) is 0 Å². The lowest BCUT2D eigenvalue weighted by atomic mass is 9.91. The van der Waals surface area contributed by atoms with E-state index in [2.05, 4.69) is 24.1 Å². The molecule has 17 heavy (non-hydrogen) atoms. The molecule has 0 radical (unpaired) electrons. The average Bonchev–Trinajstić information content (AvgIpc) is 2.72. The van der Waals surface area contributed by atoms with Gasteiger partial charge in [-0.2, -0.15) is 0 Å². The van der Waals surface area contributed by atoms with Crippen LogP contribution in [0.25, 0.3) is 0 Å². The summed E-state index contributed by atoms with van der Waals surface area (Å²) < 4.78 is 5.42. The number of methoxy groups -OCH3 is 1. The normalized spacial score (nSPS) is 28.3. The van der Waals surface area contributed by atoms with Crippen molar-refractivity contribution in [2.24, 2.45) is 5.92 Å². The second kappa shape index (κ2) is 5.50. The van der Waals surface area contributed by atoms with Crippen molar-refractivity contribution in [1.82, 2.24) is 10.3 Å². The minimum atomic E-state index is 0.523. The standard InChI is InChI=1S/C14H22N2O/c1-4-15-12-8-7-11(10(12)2)14-13(17-3)6-5-9-16-14/h5-6,9-12,15H,4,7-8H2,1-3H3. The molecule has 1 aromatic rings. The van der Waals surface area contributed by atoms with Crippen molar-refractivity contribution < 1.29 is 4.74 Å². The van der Waals surface area contributed by atoms with Crippen molar-refractivity contribution >= 4 is 0 Å². The molecule has 3 nitrogen and oxygen atoms in total. The maximum Gasteiger partial charge on any atom is 0.140 e. The molecule has 1 heterocycles. The van der Waals surface area contributed by atoms with Gasteiger partial charge in [0.15, 0.2) is 0 Å². The number of aromatic nitrogens is 1. The maximum absolute atomic E-state index is 5.42. The predicted octanol–water partition coefficient (Wildman–Crippen LogP) is 2.58. The van der Waals surface area contributed by atoms with Crippen LogP contribution in [0.1, 0.15) is 38.3 Å². The van der Waals surface area contributed by atoms with Gasteiger partial charge < -0.3 is 10.1 Å². The summed E-state index contributed by atoms with van der Waals surface area (Å²) in [7, 11) is 1.72. The molecule has 0 aromatic carbocycles. The highest BCUT2D eigenvalue weighted by Crippen LogP contribution is 2.41. The number of hydrogen-bond acceptors (Lipinski definition) is 3. The molecule has 1 fully saturated rings. The molecule has 0 aliphatic heterocycles. The molecule has 1 saturated carbocycles. The van der Waals surface area contributed by atoms with Gasteiger partial charge in [-0.05, 0) is 37.4 Å². The third-order valence-electron chi connectivity index (χ3n) is 3.90. The van der Waals surface area contributed by atoms with Crippen molar-refractivity contribution in [3.05, 3.63) is 24.0 Å². The molecule has 3 heteroatoms. The second-order valence-electron chi connectivity index (χ2n) is 4.80. The van der Waals surface area contributed by atoms with Crippen LogP contribution in [0.5, 0.6) is 5.75 Å². The first kappa shape index (κ1) is 12.4. The molecule has 0 amide bonds. The summed E-state index contributed by atoms with van der Waals surface area (Å²) in [6.45, 7) is 5.53. The summed E-state index contributed by atoms with van der Waals surface area (Å²) in [4.78, 5) is 4.52. The molecule has 1 N–H and O–H groups in total. The van der Waals surface area contributed by atoms with Crippen LogP contribution in [0.2, 0.25) is 0 Å². The molecular formula is C14H22N2O. The molecule has 0 saturated heterocycles. The molecule has 3 unspecified atom stereocenters. The van der Waals surface area contributed by atoms with E-state index in [9.17, 15) is 0 Å². The number of nitrogens with one attached hydrogen (secondary N) is 1. The van der Waals surface area contributed by atoms with Gasteiger partial charge >= 0.3 is 0 Å². The molecule has 1 aromatic heterocycles. The van der Waals surface area contributed by atoms with Crippen LogP contribution >= 0.6 is 0 Å². The Kier molecular flexibility index (Phi) is 4.00. The molecule has 2 rings (SSSR count). The first-order chi connectivity index (χ1) is 8.27. The lowest BCUT2D eigenvalue weighted by Gasteiger charge is -2.22. The van der Waals surface area contributed by atoms with Crippen molar-refractivity contribution in [2.75, 3.05) is 13.7 Å². The zero-order valence-corrected chi connectivity index (χ0v) is 10.9. The Morgan fingerprint density at radius 1 is 1.47 bits per heavy atom. The number of hydrogen-bond donors (Lipinski definition) is 1. The van der Waals surface area contributed by atoms with E-state index in [0.717, 1.165) is 18.0 Å². The highest BCUT2D eigenvalue weighted by Gasteiger charge is 2.35. The number of ether oxygens (including phenoxy) is 1. The molecule has 1 aliphatic carbocycles. The Labute approximate surface area is 104 Å². The minimum Gasteiger partial charge on any atom is -0.495 e. The van der Waals surface area contributed by atoms with Crippen LogP contribution in [-0.2, 0) is 0 Å². The van der Waals surface area contributed by atoms with E-state index in [1.165, 1.54) is 12.8 Å². The van der Waals surface area contributed by atoms with Gasteiger partial charge in [-0.15, -0.1) is 0 Å². The van der Waals surface area contributed by atoms with Gasteiger partial charge in [-0.1, -0.05) is 13.8 Å². The Balaban J connectivity index is 2.18. The van der Waals surface area contributed by atoms with Gasteiger partial charge in [0, 0.05) is 18.2 Å².